The Hall–Kier alpha value is -2.03. The maximum absolute atomic E-state index is 13.2. The van der Waals surface area contributed by atoms with Crippen LogP contribution in [0.3, 0.4) is 0 Å². The summed E-state index contributed by atoms with van der Waals surface area (Å²) in [6.45, 7) is 6.31. The second-order valence-corrected chi connectivity index (χ2v) is 8.98. The van der Waals surface area contributed by atoms with E-state index in [2.05, 4.69) is 10.1 Å². The quantitative estimate of drug-likeness (QED) is 0.611. The maximum Gasteiger partial charge on any atom is 0.244 e. The SMILES string of the molecule is CCc1nc(-c2cc(S(=O)(=O)N(CC)Cc3ccccc3)c(C)s2)no1. The fraction of sp³-hybridized carbons (Fsp3) is 0.333. The number of aromatic nitrogens is 2. The molecule has 3 aromatic rings. The van der Waals surface area contributed by atoms with Crippen molar-refractivity contribution in [3.8, 4) is 10.7 Å². The van der Waals surface area contributed by atoms with Crippen LogP contribution in [-0.2, 0) is 23.0 Å². The minimum atomic E-state index is -3.61. The van der Waals surface area contributed by atoms with E-state index in [0.717, 1.165) is 10.4 Å². The smallest absolute Gasteiger partial charge is 0.244 e. The number of hydrogen-bond acceptors (Lipinski definition) is 6. The summed E-state index contributed by atoms with van der Waals surface area (Å²) in [7, 11) is -3.61. The molecular formula is C18H21N3O3S2. The normalized spacial score (nSPS) is 12.0. The molecule has 0 spiro atoms. The topological polar surface area (TPSA) is 76.3 Å². The Morgan fingerprint density at radius 2 is 1.92 bits per heavy atom. The monoisotopic (exact) mass is 391 g/mol. The van der Waals surface area contributed by atoms with Crippen LogP contribution < -0.4 is 0 Å². The number of aryl methyl sites for hydroxylation is 2. The molecule has 0 aliphatic carbocycles. The molecule has 0 amide bonds. The van der Waals surface area contributed by atoms with Crippen LogP contribution in [0.1, 0.15) is 30.2 Å². The first-order valence-corrected chi connectivity index (χ1v) is 10.7. The highest BCUT2D eigenvalue weighted by atomic mass is 32.2. The first-order chi connectivity index (χ1) is 12.5. The van der Waals surface area contributed by atoms with E-state index in [-0.39, 0.29) is 0 Å². The largest absolute Gasteiger partial charge is 0.339 e. The fourth-order valence-corrected chi connectivity index (χ4v) is 5.55. The van der Waals surface area contributed by atoms with E-state index in [1.165, 1.54) is 15.6 Å². The van der Waals surface area contributed by atoms with Gasteiger partial charge >= 0.3 is 0 Å². The highest BCUT2D eigenvalue weighted by Crippen LogP contribution is 2.34. The molecule has 26 heavy (non-hydrogen) atoms. The average molecular weight is 392 g/mol. The van der Waals surface area contributed by atoms with Gasteiger partial charge in [-0.1, -0.05) is 49.3 Å². The van der Waals surface area contributed by atoms with Gasteiger partial charge in [-0.2, -0.15) is 9.29 Å². The molecule has 8 heteroatoms. The van der Waals surface area contributed by atoms with Crippen molar-refractivity contribution in [2.75, 3.05) is 6.54 Å². The zero-order chi connectivity index (χ0) is 18.7. The summed E-state index contributed by atoms with van der Waals surface area (Å²) in [6, 6.07) is 11.2. The van der Waals surface area contributed by atoms with Gasteiger partial charge in [0.2, 0.25) is 21.7 Å². The van der Waals surface area contributed by atoms with E-state index in [1.807, 2.05) is 44.2 Å². The van der Waals surface area contributed by atoms with Crippen LogP contribution in [0.4, 0.5) is 0 Å². The Morgan fingerprint density at radius 3 is 2.54 bits per heavy atom. The molecule has 0 atom stereocenters. The van der Waals surface area contributed by atoms with Crippen LogP contribution in [0, 0.1) is 6.92 Å². The molecule has 0 saturated carbocycles. The average Bonchev–Trinajstić information content (AvgIpc) is 3.27. The Balaban J connectivity index is 1.93. The predicted molar refractivity (Wildman–Crippen MR) is 101 cm³/mol. The summed E-state index contributed by atoms with van der Waals surface area (Å²) in [5.74, 6) is 0.970. The highest BCUT2D eigenvalue weighted by Gasteiger charge is 2.28. The van der Waals surface area contributed by atoms with Crippen LogP contribution in [0.25, 0.3) is 10.7 Å². The molecule has 138 valence electrons. The molecule has 0 unspecified atom stereocenters. The maximum atomic E-state index is 13.2. The molecule has 0 saturated heterocycles. The molecule has 0 bridgehead atoms. The molecule has 0 aliphatic rings. The molecule has 0 N–H and O–H groups in total. The van der Waals surface area contributed by atoms with Gasteiger partial charge in [0.15, 0.2) is 0 Å². The second-order valence-electron chi connectivity index (χ2n) is 5.81. The molecule has 0 fully saturated rings. The van der Waals surface area contributed by atoms with Crippen molar-refractivity contribution in [1.82, 2.24) is 14.4 Å². The number of nitrogens with zero attached hydrogens (tertiary/aromatic N) is 3. The zero-order valence-corrected chi connectivity index (χ0v) is 16.6. The molecule has 1 aromatic carbocycles. The molecule has 0 radical (unpaired) electrons. The van der Waals surface area contributed by atoms with Gasteiger partial charge in [-0.05, 0) is 18.6 Å². The summed E-state index contributed by atoms with van der Waals surface area (Å²) in [5, 5.41) is 3.94. The molecule has 2 aromatic heterocycles. The summed E-state index contributed by atoms with van der Waals surface area (Å²) in [4.78, 5) is 6.01. The van der Waals surface area contributed by atoms with E-state index in [0.29, 0.717) is 41.0 Å². The van der Waals surface area contributed by atoms with Crippen molar-refractivity contribution in [2.24, 2.45) is 0 Å². The Kier molecular flexibility index (Phi) is 5.55. The van der Waals surface area contributed by atoms with Gasteiger partial charge in [-0.3, -0.25) is 0 Å². The zero-order valence-electron chi connectivity index (χ0n) is 15.0. The first kappa shape index (κ1) is 18.8. The number of benzene rings is 1. The predicted octanol–water partition coefficient (Wildman–Crippen LogP) is 3.88. The minimum Gasteiger partial charge on any atom is -0.339 e. The fourth-order valence-electron chi connectivity index (χ4n) is 2.62. The van der Waals surface area contributed by atoms with Gasteiger partial charge in [0.1, 0.15) is 0 Å². The van der Waals surface area contributed by atoms with E-state index in [9.17, 15) is 8.42 Å². The van der Waals surface area contributed by atoms with Gasteiger partial charge in [0.05, 0.1) is 9.77 Å². The van der Waals surface area contributed by atoms with Crippen molar-refractivity contribution < 1.29 is 12.9 Å². The van der Waals surface area contributed by atoms with Crippen molar-refractivity contribution in [3.05, 3.63) is 52.7 Å². The Morgan fingerprint density at radius 1 is 1.19 bits per heavy atom. The molecular weight excluding hydrogens is 370 g/mol. The molecule has 6 nitrogen and oxygen atoms in total. The van der Waals surface area contributed by atoms with Crippen molar-refractivity contribution in [1.29, 1.82) is 0 Å². The van der Waals surface area contributed by atoms with Gasteiger partial charge in [-0.25, -0.2) is 8.42 Å². The highest BCUT2D eigenvalue weighted by molar-refractivity contribution is 7.89. The number of rotatable bonds is 7. The van der Waals surface area contributed by atoms with Crippen molar-refractivity contribution in [2.45, 2.75) is 38.6 Å². The first-order valence-electron chi connectivity index (χ1n) is 8.43. The van der Waals surface area contributed by atoms with Gasteiger partial charge < -0.3 is 4.52 Å². The Labute approximate surface area is 157 Å². The second kappa shape index (κ2) is 7.69. The minimum absolute atomic E-state index is 0.304. The third-order valence-corrected chi connectivity index (χ3v) is 7.26. The molecule has 0 aliphatic heterocycles. The van der Waals surface area contributed by atoms with Gasteiger partial charge in [0.25, 0.3) is 0 Å². The number of hydrogen-bond donors (Lipinski definition) is 0. The van der Waals surface area contributed by atoms with Gasteiger partial charge in [-0.15, -0.1) is 11.3 Å². The van der Waals surface area contributed by atoms with Crippen molar-refractivity contribution >= 4 is 21.4 Å². The summed E-state index contributed by atoms with van der Waals surface area (Å²) < 4.78 is 32.9. The van der Waals surface area contributed by atoms with E-state index in [4.69, 9.17) is 4.52 Å². The Bertz CT molecular complexity index is 978. The lowest BCUT2D eigenvalue weighted by molar-refractivity contribution is 0.383. The van der Waals surface area contributed by atoms with Crippen molar-refractivity contribution in [3.63, 3.8) is 0 Å². The van der Waals surface area contributed by atoms with E-state index < -0.39 is 10.0 Å². The van der Waals surface area contributed by atoms with E-state index >= 15 is 0 Å². The number of sulfonamides is 1. The third-order valence-electron chi connectivity index (χ3n) is 4.04. The van der Waals surface area contributed by atoms with Crippen LogP contribution in [0.5, 0.6) is 0 Å². The lowest BCUT2D eigenvalue weighted by Gasteiger charge is -2.20. The van der Waals surface area contributed by atoms with E-state index in [1.54, 1.807) is 13.0 Å². The van der Waals surface area contributed by atoms with Crippen LogP contribution >= 0.6 is 11.3 Å². The number of thiophene rings is 1. The molecule has 2 heterocycles. The van der Waals surface area contributed by atoms with Gasteiger partial charge in [0, 0.05) is 24.4 Å². The molecule has 3 rings (SSSR count). The summed E-state index contributed by atoms with van der Waals surface area (Å²) >= 11 is 1.36. The van der Waals surface area contributed by atoms with Crippen LogP contribution in [-0.4, -0.2) is 29.4 Å². The lowest BCUT2D eigenvalue weighted by Crippen LogP contribution is -2.30. The van der Waals surface area contributed by atoms with Crippen LogP contribution in [0.15, 0.2) is 45.8 Å². The third kappa shape index (κ3) is 3.72. The van der Waals surface area contributed by atoms with Crippen LogP contribution in [0.2, 0.25) is 0 Å². The summed E-state index contributed by atoms with van der Waals surface area (Å²) in [5.41, 5.74) is 0.955. The lowest BCUT2D eigenvalue weighted by atomic mass is 10.2. The summed E-state index contributed by atoms with van der Waals surface area (Å²) in [6.07, 6.45) is 0.642. The standard InChI is InChI=1S/C18H21N3O3S2/c1-4-17-19-18(20-24-17)15-11-16(13(3)25-15)26(22,23)21(5-2)12-14-9-7-6-8-10-14/h6-11H,4-5,12H2,1-3H3.